The molecule has 0 spiro atoms. The van der Waals surface area contributed by atoms with Crippen molar-refractivity contribution in [2.75, 3.05) is 33.3 Å². The van der Waals surface area contributed by atoms with Crippen molar-refractivity contribution >= 4 is 24.8 Å². The molecular formula is C24H36Cl2N2O2. The second-order valence-electron chi connectivity index (χ2n) is 7.48. The number of benzene rings is 2. The minimum absolute atomic E-state index is 0. The Morgan fingerprint density at radius 3 is 2.37 bits per heavy atom. The molecule has 4 nitrogen and oxygen atoms in total. The number of nitrogens with zero attached hydrogens (tertiary/aromatic N) is 1. The van der Waals surface area contributed by atoms with Gasteiger partial charge in [0.25, 0.3) is 0 Å². The number of nitrogens with one attached hydrogen (secondary N) is 1. The zero-order valence-corrected chi connectivity index (χ0v) is 19.8. The lowest BCUT2D eigenvalue weighted by atomic mass is 9.97. The van der Waals surface area contributed by atoms with Crippen LogP contribution in [0.3, 0.4) is 0 Å². The normalized spacial score (nSPS) is 14.9. The third-order valence-corrected chi connectivity index (χ3v) is 5.48. The van der Waals surface area contributed by atoms with Gasteiger partial charge in [0.15, 0.2) is 11.5 Å². The first kappa shape index (κ1) is 26.6. The number of rotatable bonds is 10. The van der Waals surface area contributed by atoms with Crippen LogP contribution >= 0.6 is 24.8 Å². The molecule has 168 valence electrons. The minimum atomic E-state index is 0. The van der Waals surface area contributed by atoms with E-state index < -0.39 is 0 Å². The Balaban J connectivity index is 0.00000225. The van der Waals surface area contributed by atoms with Crippen molar-refractivity contribution in [1.82, 2.24) is 10.2 Å². The van der Waals surface area contributed by atoms with Crippen LogP contribution in [0.5, 0.6) is 11.5 Å². The first-order chi connectivity index (χ1) is 13.8. The van der Waals surface area contributed by atoms with Crippen molar-refractivity contribution in [3.05, 3.63) is 59.7 Å². The van der Waals surface area contributed by atoms with Gasteiger partial charge in [-0.1, -0.05) is 62.6 Å². The minimum Gasteiger partial charge on any atom is -0.493 e. The van der Waals surface area contributed by atoms with E-state index in [2.05, 4.69) is 47.5 Å². The van der Waals surface area contributed by atoms with E-state index in [1.807, 2.05) is 18.2 Å². The lowest BCUT2D eigenvalue weighted by Gasteiger charge is -2.35. The van der Waals surface area contributed by atoms with Gasteiger partial charge in [0.1, 0.15) is 6.61 Å². The van der Waals surface area contributed by atoms with E-state index >= 15 is 0 Å². The van der Waals surface area contributed by atoms with Crippen molar-refractivity contribution in [3.8, 4) is 11.5 Å². The van der Waals surface area contributed by atoms with E-state index in [1.165, 1.54) is 31.2 Å². The number of unbranched alkanes of at least 4 members (excludes halogenated alkanes) is 2. The third kappa shape index (κ3) is 7.66. The maximum atomic E-state index is 6.16. The molecule has 2 aromatic rings. The Bertz CT molecular complexity index is 710. The number of hydrogen-bond donors (Lipinski definition) is 1. The Labute approximate surface area is 194 Å². The molecule has 1 atom stereocenters. The highest BCUT2D eigenvalue weighted by Crippen LogP contribution is 2.35. The summed E-state index contributed by atoms with van der Waals surface area (Å²) in [6.45, 7) is 7.15. The molecule has 1 N–H and O–H groups in total. The molecule has 0 saturated carbocycles. The molecule has 1 fully saturated rings. The van der Waals surface area contributed by atoms with Gasteiger partial charge in [0.2, 0.25) is 0 Å². The van der Waals surface area contributed by atoms with Crippen LogP contribution < -0.4 is 14.8 Å². The van der Waals surface area contributed by atoms with Crippen LogP contribution in [0.25, 0.3) is 0 Å². The summed E-state index contributed by atoms with van der Waals surface area (Å²) in [7, 11) is 1.71. The molecule has 3 rings (SSSR count). The van der Waals surface area contributed by atoms with Crippen LogP contribution in [0.4, 0.5) is 0 Å². The zero-order valence-electron chi connectivity index (χ0n) is 18.1. The molecule has 1 aliphatic heterocycles. The molecule has 0 unspecified atom stereocenters. The van der Waals surface area contributed by atoms with Crippen LogP contribution in [0.15, 0.2) is 48.5 Å². The molecule has 0 bridgehead atoms. The third-order valence-electron chi connectivity index (χ3n) is 5.48. The van der Waals surface area contributed by atoms with Crippen LogP contribution in [0.1, 0.15) is 49.8 Å². The summed E-state index contributed by atoms with van der Waals surface area (Å²) in [5.41, 5.74) is 2.50. The summed E-state index contributed by atoms with van der Waals surface area (Å²) >= 11 is 0. The molecular weight excluding hydrogens is 419 g/mol. The number of methoxy groups -OCH3 is 1. The molecule has 1 aliphatic rings. The molecule has 0 radical (unpaired) electrons. The van der Waals surface area contributed by atoms with Gasteiger partial charge in [0.05, 0.1) is 7.11 Å². The van der Waals surface area contributed by atoms with Crippen LogP contribution in [-0.2, 0) is 6.61 Å². The average Bonchev–Trinajstić information content (AvgIpc) is 2.76. The van der Waals surface area contributed by atoms with E-state index in [9.17, 15) is 0 Å². The van der Waals surface area contributed by atoms with Gasteiger partial charge in [-0.05, 0) is 29.7 Å². The lowest BCUT2D eigenvalue weighted by Crippen LogP contribution is -2.45. The average molecular weight is 455 g/mol. The van der Waals surface area contributed by atoms with Crippen LogP contribution in [0.2, 0.25) is 0 Å². The monoisotopic (exact) mass is 454 g/mol. The maximum absolute atomic E-state index is 6.16. The fourth-order valence-electron chi connectivity index (χ4n) is 3.89. The Hall–Kier alpha value is -1.46. The van der Waals surface area contributed by atoms with Gasteiger partial charge in [-0.3, -0.25) is 4.90 Å². The predicted molar refractivity (Wildman–Crippen MR) is 130 cm³/mol. The number of ether oxygens (including phenoxy) is 2. The standard InChI is InChI=1S/C24H34N2O2.2ClH/c1-3-4-6-11-22(26-16-14-25-15-17-26)21-12-13-23(27-2)24(18-21)28-19-20-9-7-5-8-10-20;;/h5,7-10,12-13,18,22,25H,3-4,6,11,14-17,19H2,1-2H3;2*1H/t22-;;/m0../s1. The SMILES string of the molecule is CCCCC[C@@H](c1ccc(OC)c(OCc2ccccc2)c1)N1CCNCC1.Cl.Cl. The highest BCUT2D eigenvalue weighted by Gasteiger charge is 2.23. The van der Waals surface area contributed by atoms with E-state index in [1.54, 1.807) is 7.11 Å². The van der Waals surface area contributed by atoms with Crippen molar-refractivity contribution in [1.29, 1.82) is 0 Å². The van der Waals surface area contributed by atoms with E-state index in [0.29, 0.717) is 12.6 Å². The van der Waals surface area contributed by atoms with E-state index in [-0.39, 0.29) is 24.8 Å². The number of hydrogen-bond acceptors (Lipinski definition) is 4. The Kier molecular flexibility index (Phi) is 12.9. The fourth-order valence-corrected chi connectivity index (χ4v) is 3.89. The molecule has 1 heterocycles. The highest BCUT2D eigenvalue weighted by atomic mass is 35.5. The Morgan fingerprint density at radius 2 is 1.70 bits per heavy atom. The molecule has 2 aromatic carbocycles. The first-order valence-electron chi connectivity index (χ1n) is 10.6. The van der Waals surface area contributed by atoms with Gasteiger partial charge in [-0.15, -0.1) is 24.8 Å². The maximum Gasteiger partial charge on any atom is 0.161 e. The van der Waals surface area contributed by atoms with Gasteiger partial charge >= 0.3 is 0 Å². The largest absolute Gasteiger partial charge is 0.493 e. The second kappa shape index (κ2) is 14.5. The fraction of sp³-hybridized carbons (Fsp3) is 0.500. The molecule has 1 saturated heterocycles. The summed E-state index contributed by atoms with van der Waals surface area (Å²) in [5, 5.41) is 3.47. The van der Waals surface area contributed by atoms with Gasteiger partial charge < -0.3 is 14.8 Å². The zero-order chi connectivity index (χ0) is 19.6. The predicted octanol–water partition coefficient (Wildman–Crippen LogP) is 5.64. The second-order valence-corrected chi connectivity index (χ2v) is 7.48. The van der Waals surface area contributed by atoms with Crippen molar-refractivity contribution in [3.63, 3.8) is 0 Å². The van der Waals surface area contributed by atoms with Gasteiger partial charge in [-0.25, -0.2) is 0 Å². The van der Waals surface area contributed by atoms with Gasteiger partial charge in [-0.2, -0.15) is 0 Å². The van der Waals surface area contributed by atoms with Crippen molar-refractivity contribution < 1.29 is 9.47 Å². The van der Waals surface area contributed by atoms with E-state index in [0.717, 1.165) is 43.2 Å². The molecule has 0 amide bonds. The summed E-state index contributed by atoms with van der Waals surface area (Å²) in [4.78, 5) is 2.62. The number of halogens is 2. The lowest BCUT2D eigenvalue weighted by molar-refractivity contribution is 0.162. The molecule has 6 heteroatoms. The smallest absolute Gasteiger partial charge is 0.161 e. The molecule has 0 aromatic heterocycles. The summed E-state index contributed by atoms with van der Waals surface area (Å²) < 4.78 is 11.7. The Morgan fingerprint density at radius 1 is 0.967 bits per heavy atom. The van der Waals surface area contributed by atoms with E-state index in [4.69, 9.17) is 9.47 Å². The quantitative estimate of drug-likeness (QED) is 0.470. The summed E-state index contributed by atoms with van der Waals surface area (Å²) in [6, 6.07) is 17.2. The van der Waals surface area contributed by atoms with Crippen molar-refractivity contribution in [2.45, 2.75) is 45.3 Å². The van der Waals surface area contributed by atoms with Gasteiger partial charge in [0, 0.05) is 32.2 Å². The summed E-state index contributed by atoms with van der Waals surface area (Å²) in [5.74, 6) is 1.63. The first-order valence-corrected chi connectivity index (χ1v) is 10.6. The van der Waals surface area contributed by atoms with Crippen LogP contribution in [0, 0.1) is 0 Å². The topological polar surface area (TPSA) is 33.7 Å². The highest BCUT2D eigenvalue weighted by molar-refractivity contribution is 5.85. The summed E-state index contributed by atoms with van der Waals surface area (Å²) in [6.07, 6.45) is 4.99. The molecule has 0 aliphatic carbocycles. The number of piperazine rings is 1. The van der Waals surface area contributed by atoms with Crippen molar-refractivity contribution in [2.24, 2.45) is 0 Å². The molecule has 30 heavy (non-hydrogen) atoms. The van der Waals surface area contributed by atoms with Crippen LogP contribution in [-0.4, -0.2) is 38.2 Å².